The molecule has 0 fully saturated rings. The largest absolute Gasteiger partial charge is 0.493 e. The minimum Gasteiger partial charge on any atom is -0.493 e. The number of halogens is 2. The fraction of sp³-hybridized carbons (Fsp3) is 0.538. The predicted molar refractivity (Wildman–Crippen MR) is 78.2 cm³/mol. The van der Waals surface area contributed by atoms with E-state index in [1.54, 1.807) is 7.11 Å². The highest BCUT2D eigenvalue weighted by atomic mass is 79.9. The summed E-state index contributed by atoms with van der Waals surface area (Å²) in [6.07, 6.45) is 1.06. The van der Waals surface area contributed by atoms with Crippen molar-refractivity contribution < 1.29 is 4.74 Å². The van der Waals surface area contributed by atoms with Gasteiger partial charge in [0, 0.05) is 11.1 Å². The molecule has 0 spiro atoms. The lowest BCUT2D eigenvalue weighted by Crippen LogP contribution is -2.24. The number of methoxy groups -OCH3 is 1. The monoisotopic (exact) mass is 319 g/mol. The molecule has 0 saturated heterocycles. The van der Waals surface area contributed by atoms with Crippen molar-refractivity contribution in [1.82, 2.24) is 0 Å². The molecule has 0 aromatic heterocycles. The number of rotatable bonds is 5. The fourth-order valence-corrected chi connectivity index (χ4v) is 2.79. The van der Waals surface area contributed by atoms with Gasteiger partial charge in [0.2, 0.25) is 0 Å². The van der Waals surface area contributed by atoms with Gasteiger partial charge in [0.25, 0.3) is 0 Å². The molecule has 17 heavy (non-hydrogen) atoms. The molecule has 0 aliphatic heterocycles. The summed E-state index contributed by atoms with van der Waals surface area (Å²) >= 11 is 9.52. The Hall–Kier alpha value is -0.410. The Kier molecular flexibility index (Phi) is 5.60. The third kappa shape index (κ3) is 3.78. The van der Waals surface area contributed by atoms with Crippen LogP contribution in [0.5, 0.6) is 5.75 Å². The van der Waals surface area contributed by atoms with E-state index in [9.17, 15) is 0 Å². The molecule has 0 bridgehead atoms. The summed E-state index contributed by atoms with van der Waals surface area (Å²) in [6.45, 7) is 6.57. The van der Waals surface area contributed by atoms with Gasteiger partial charge < -0.3 is 10.1 Å². The molecule has 0 aliphatic rings. The molecule has 96 valence electrons. The number of hydrogen-bond acceptors (Lipinski definition) is 2. The Morgan fingerprint density at radius 2 is 2.06 bits per heavy atom. The van der Waals surface area contributed by atoms with Crippen LogP contribution in [0.2, 0.25) is 5.02 Å². The maximum atomic E-state index is 6.06. The van der Waals surface area contributed by atoms with E-state index in [1.165, 1.54) is 0 Å². The minimum absolute atomic E-state index is 0.411. The quantitative estimate of drug-likeness (QED) is 0.828. The second kappa shape index (κ2) is 6.50. The average molecular weight is 321 g/mol. The number of anilines is 1. The van der Waals surface area contributed by atoms with Crippen LogP contribution in [-0.4, -0.2) is 13.2 Å². The van der Waals surface area contributed by atoms with Crippen LogP contribution in [0.25, 0.3) is 0 Å². The minimum atomic E-state index is 0.411. The SMILES string of the molecule is CCC(Nc1cc(Cl)cc(Br)c1OC)C(C)C. The Morgan fingerprint density at radius 1 is 1.41 bits per heavy atom. The number of hydrogen-bond donors (Lipinski definition) is 1. The van der Waals surface area contributed by atoms with E-state index in [4.69, 9.17) is 16.3 Å². The van der Waals surface area contributed by atoms with Gasteiger partial charge in [-0.25, -0.2) is 0 Å². The lowest BCUT2D eigenvalue weighted by atomic mass is 10.0. The zero-order chi connectivity index (χ0) is 13.0. The molecule has 0 radical (unpaired) electrons. The molecular formula is C13H19BrClNO. The van der Waals surface area contributed by atoms with Crippen molar-refractivity contribution in [2.24, 2.45) is 5.92 Å². The Morgan fingerprint density at radius 3 is 2.53 bits per heavy atom. The van der Waals surface area contributed by atoms with Gasteiger partial charge in [-0.1, -0.05) is 32.4 Å². The number of benzene rings is 1. The van der Waals surface area contributed by atoms with Crippen LogP contribution in [0.4, 0.5) is 5.69 Å². The van der Waals surface area contributed by atoms with Crippen molar-refractivity contribution >= 4 is 33.2 Å². The summed E-state index contributed by atoms with van der Waals surface area (Å²) < 4.78 is 6.26. The van der Waals surface area contributed by atoms with Crippen molar-refractivity contribution in [2.75, 3.05) is 12.4 Å². The Labute approximate surface area is 117 Å². The van der Waals surface area contributed by atoms with E-state index >= 15 is 0 Å². The highest BCUT2D eigenvalue weighted by Gasteiger charge is 2.15. The molecule has 1 atom stereocenters. The van der Waals surface area contributed by atoms with Gasteiger partial charge in [-0.2, -0.15) is 0 Å². The summed E-state index contributed by atoms with van der Waals surface area (Å²) in [5.41, 5.74) is 0.937. The average Bonchev–Trinajstić information content (AvgIpc) is 2.24. The topological polar surface area (TPSA) is 21.3 Å². The van der Waals surface area contributed by atoms with E-state index in [2.05, 4.69) is 42.0 Å². The lowest BCUT2D eigenvalue weighted by molar-refractivity contribution is 0.411. The van der Waals surface area contributed by atoms with Gasteiger partial charge in [-0.05, 0) is 40.4 Å². The molecule has 1 aromatic carbocycles. The Bertz CT molecular complexity index is 382. The van der Waals surface area contributed by atoms with E-state index in [0.717, 1.165) is 22.3 Å². The second-order valence-electron chi connectivity index (χ2n) is 4.37. The first kappa shape index (κ1) is 14.7. The van der Waals surface area contributed by atoms with Gasteiger partial charge in [-0.15, -0.1) is 0 Å². The molecule has 1 unspecified atom stereocenters. The van der Waals surface area contributed by atoms with Gasteiger partial charge >= 0.3 is 0 Å². The summed E-state index contributed by atoms with van der Waals surface area (Å²) in [5.74, 6) is 1.36. The molecule has 0 amide bonds. The van der Waals surface area contributed by atoms with Crippen molar-refractivity contribution in [1.29, 1.82) is 0 Å². The van der Waals surface area contributed by atoms with Crippen molar-refractivity contribution in [3.05, 3.63) is 21.6 Å². The maximum absolute atomic E-state index is 6.06. The smallest absolute Gasteiger partial charge is 0.156 e. The summed E-state index contributed by atoms with van der Waals surface area (Å²) in [6, 6.07) is 4.15. The fourth-order valence-electron chi connectivity index (χ4n) is 1.81. The highest BCUT2D eigenvalue weighted by molar-refractivity contribution is 9.10. The zero-order valence-electron chi connectivity index (χ0n) is 10.7. The van der Waals surface area contributed by atoms with Gasteiger partial charge in [-0.3, -0.25) is 0 Å². The van der Waals surface area contributed by atoms with E-state index in [-0.39, 0.29) is 0 Å². The van der Waals surface area contributed by atoms with Crippen molar-refractivity contribution in [3.63, 3.8) is 0 Å². The van der Waals surface area contributed by atoms with Crippen LogP contribution in [-0.2, 0) is 0 Å². The molecule has 1 rings (SSSR count). The molecule has 1 aromatic rings. The summed E-state index contributed by atoms with van der Waals surface area (Å²) in [5, 5.41) is 4.18. The third-order valence-corrected chi connectivity index (χ3v) is 3.61. The van der Waals surface area contributed by atoms with Crippen LogP contribution >= 0.6 is 27.5 Å². The van der Waals surface area contributed by atoms with Gasteiger partial charge in [0.05, 0.1) is 17.3 Å². The maximum Gasteiger partial charge on any atom is 0.156 e. The normalized spacial score (nSPS) is 12.6. The highest BCUT2D eigenvalue weighted by Crippen LogP contribution is 2.37. The molecule has 0 aliphatic carbocycles. The first-order valence-electron chi connectivity index (χ1n) is 5.79. The van der Waals surface area contributed by atoms with Crippen molar-refractivity contribution in [3.8, 4) is 5.75 Å². The second-order valence-corrected chi connectivity index (χ2v) is 5.66. The molecule has 2 nitrogen and oxygen atoms in total. The summed E-state index contributed by atoms with van der Waals surface area (Å²) in [4.78, 5) is 0. The molecule has 0 heterocycles. The van der Waals surface area contributed by atoms with Crippen LogP contribution in [0.15, 0.2) is 16.6 Å². The zero-order valence-corrected chi connectivity index (χ0v) is 13.0. The van der Waals surface area contributed by atoms with E-state index < -0.39 is 0 Å². The van der Waals surface area contributed by atoms with Crippen LogP contribution < -0.4 is 10.1 Å². The van der Waals surface area contributed by atoms with E-state index in [0.29, 0.717) is 17.0 Å². The van der Waals surface area contributed by atoms with Crippen LogP contribution in [0, 0.1) is 5.92 Å². The molecule has 4 heteroatoms. The lowest BCUT2D eigenvalue weighted by Gasteiger charge is -2.23. The molecular weight excluding hydrogens is 302 g/mol. The molecule has 0 saturated carbocycles. The van der Waals surface area contributed by atoms with Gasteiger partial charge in [0.1, 0.15) is 0 Å². The Balaban J connectivity index is 3.04. The van der Waals surface area contributed by atoms with Crippen molar-refractivity contribution in [2.45, 2.75) is 33.2 Å². The standard InChI is InChI=1S/C13H19BrClNO/c1-5-11(8(2)3)16-12-7-9(15)6-10(14)13(12)17-4/h6-8,11,16H,5H2,1-4H3. The third-order valence-electron chi connectivity index (χ3n) is 2.80. The summed E-state index contributed by atoms with van der Waals surface area (Å²) in [7, 11) is 1.66. The van der Waals surface area contributed by atoms with Crippen LogP contribution in [0.3, 0.4) is 0 Å². The first-order chi connectivity index (χ1) is 7.99. The van der Waals surface area contributed by atoms with E-state index in [1.807, 2.05) is 12.1 Å². The molecule has 1 N–H and O–H groups in total. The predicted octanol–water partition coefficient (Wildman–Crippen LogP) is 4.96. The van der Waals surface area contributed by atoms with Gasteiger partial charge in [0.15, 0.2) is 5.75 Å². The number of nitrogens with one attached hydrogen (secondary N) is 1. The first-order valence-corrected chi connectivity index (χ1v) is 6.96. The number of ether oxygens (including phenoxy) is 1. The van der Waals surface area contributed by atoms with Crippen LogP contribution in [0.1, 0.15) is 27.2 Å².